The van der Waals surface area contributed by atoms with Gasteiger partial charge in [-0.2, -0.15) is 5.10 Å². The van der Waals surface area contributed by atoms with Crippen molar-refractivity contribution >= 4 is 33.2 Å². The van der Waals surface area contributed by atoms with Crippen molar-refractivity contribution in [2.75, 3.05) is 11.9 Å². The molecular formula is C18H15ClFN5O3S. The van der Waals surface area contributed by atoms with Gasteiger partial charge in [0.25, 0.3) is 5.91 Å². The average molecular weight is 436 g/mol. The van der Waals surface area contributed by atoms with Crippen LogP contribution in [-0.4, -0.2) is 35.6 Å². The number of rotatable bonds is 7. The van der Waals surface area contributed by atoms with Gasteiger partial charge in [0.2, 0.25) is 10.0 Å². The van der Waals surface area contributed by atoms with E-state index in [1.54, 1.807) is 12.1 Å². The molecule has 2 aromatic carbocycles. The highest BCUT2D eigenvalue weighted by Gasteiger charge is 2.21. The summed E-state index contributed by atoms with van der Waals surface area (Å²) >= 11 is 6.02. The molecule has 0 atom stereocenters. The van der Waals surface area contributed by atoms with Gasteiger partial charge in [0, 0.05) is 17.1 Å². The Balaban J connectivity index is 1.94. The highest BCUT2D eigenvalue weighted by Crippen LogP contribution is 2.25. The number of halogens is 2. The van der Waals surface area contributed by atoms with Gasteiger partial charge in [0.05, 0.1) is 11.4 Å². The molecule has 0 radical (unpaired) electrons. The summed E-state index contributed by atoms with van der Waals surface area (Å²) in [5.74, 6) is -1.64. The Morgan fingerprint density at radius 3 is 2.76 bits per heavy atom. The van der Waals surface area contributed by atoms with Gasteiger partial charge in [0.1, 0.15) is 23.4 Å². The summed E-state index contributed by atoms with van der Waals surface area (Å²) in [5, 5.41) is 7.00. The van der Waals surface area contributed by atoms with Crippen LogP contribution in [-0.2, 0) is 10.0 Å². The van der Waals surface area contributed by atoms with E-state index < -0.39 is 26.6 Å². The fourth-order valence-electron chi connectivity index (χ4n) is 2.43. The van der Waals surface area contributed by atoms with Crippen LogP contribution in [0.5, 0.6) is 0 Å². The third-order valence-corrected chi connectivity index (χ3v) is 5.45. The van der Waals surface area contributed by atoms with Gasteiger partial charge >= 0.3 is 0 Å². The fourth-order valence-corrected chi connectivity index (χ4v) is 3.70. The lowest BCUT2D eigenvalue weighted by molar-refractivity contribution is 0.102. The topological polar surface area (TPSA) is 106 Å². The van der Waals surface area contributed by atoms with Crippen molar-refractivity contribution < 1.29 is 17.6 Å². The lowest BCUT2D eigenvalue weighted by Crippen LogP contribution is -2.25. The summed E-state index contributed by atoms with van der Waals surface area (Å²) in [6, 6.07) is 7.79. The second kappa shape index (κ2) is 8.52. The number of anilines is 1. The number of carbonyl (C=O) groups is 1. The van der Waals surface area contributed by atoms with Gasteiger partial charge in [0.15, 0.2) is 0 Å². The summed E-state index contributed by atoms with van der Waals surface area (Å²) in [6.07, 6.45) is 4.08. The molecule has 0 aliphatic heterocycles. The normalized spacial score (nSPS) is 11.2. The van der Waals surface area contributed by atoms with Crippen LogP contribution in [0.3, 0.4) is 0 Å². The molecule has 11 heteroatoms. The Labute approximate surface area is 171 Å². The SMILES string of the molecule is C=CCNS(=O)(=O)c1cc(C(=O)Nc2cc(Cl)ccc2-n2cncn2)ccc1F. The van der Waals surface area contributed by atoms with E-state index in [9.17, 15) is 17.6 Å². The summed E-state index contributed by atoms with van der Waals surface area (Å²) in [6.45, 7) is 3.32. The molecule has 0 spiro atoms. The van der Waals surface area contributed by atoms with Crippen LogP contribution in [0.15, 0.2) is 66.6 Å². The van der Waals surface area contributed by atoms with Gasteiger partial charge in [-0.15, -0.1) is 6.58 Å². The summed E-state index contributed by atoms with van der Waals surface area (Å²) < 4.78 is 42.1. The molecule has 3 rings (SSSR count). The van der Waals surface area contributed by atoms with Crippen LogP contribution >= 0.6 is 11.6 Å². The Bertz CT molecular complexity index is 1170. The van der Waals surface area contributed by atoms with Crippen molar-refractivity contribution in [2.24, 2.45) is 0 Å². The van der Waals surface area contributed by atoms with Crippen LogP contribution in [0.2, 0.25) is 5.02 Å². The van der Waals surface area contributed by atoms with E-state index in [1.807, 2.05) is 0 Å². The highest BCUT2D eigenvalue weighted by atomic mass is 35.5. The van der Waals surface area contributed by atoms with Crippen LogP contribution in [0.4, 0.5) is 10.1 Å². The van der Waals surface area contributed by atoms with E-state index >= 15 is 0 Å². The number of nitrogens with one attached hydrogen (secondary N) is 2. The second-order valence-electron chi connectivity index (χ2n) is 5.74. The first-order chi connectivity index (χ1) is 13.8. The lowest BCUT2D eigenvalue weighted by Gasteiger charge is -2.12. The molecule has 29 heavy (non-hydrogen) atoms. The molecule has 8 nitrogen and oxygen atoms in total. The van der Waals surface area contributed by atoms with Crippen molar-refractivity contribution in [3.05, 3.63) is 78.1 Å². The minimum atomic E-state index is -4.15. The van der Waals surface area contributed by atoms with Gasteiger partial charge in [-0.25, -0.2) is 27.2 Å². The number of hydrogen-bond acceptors (Lipinski definition) is 5. The molecule has 0 aliphatic carbocycles. The maximum absolute atomic E-state index is 14.1. The number of aromatic nitrogens is 3. The van der Waals surface area contributed by atoms with E-state index in [1.165, 1.54) is 35.5 Å². The molecule has 0 saturated heterocycles. The Morgan fingerprint density at radius 2 is 2.07 bits per heavy atom. The van der Waals surface area contributed by atoms with Gasteiger partial charge in [-0.1, -0.05) is 17.7 Å². The fraction of sp³-hybridized carbons (Fsp3) is 0.0556. The predicted molar refractivity (Wildman–Crippen MR) is 106 cm³/mol. The number of hydrogen-bond donors (Lipinski definition) is 2. The van der Waals surface area contributed by atoms with Gasteiger partial charge in [-0.3, -0.25) is 4.79 Å². The van der Waals surface area contributed by atoms with Crippen LogP contribution < -0.4 is 10.0 Å². The summed E-state index contributed by atoms with van der Waals surface area (Å²) in [7, 11) is -4.15. The molecule has 0 fully saturated rings. The van der Waals surface area contributed by atoms with E-state index in [0.717, 1.165) is 12.1 Å². The molecular weight excluding hydrogens is 421 g/mol. The molecule has 0 saturated carbocycles. The van der Waals surface area contributed by atoms with E-state index in [2.05, 4.69) is 26.7 Å². The smallest absolute Gasteiger partial charge is 0.255 e. The first kappa shape index (κ1) is 20.6. The largest absolute Gasteiger partial charge is 0.320 e. The average Bonchev–Trinajstić information content (AvgIpc) is 3.21. The van der Waals surface area contributed by atoms with Crippen LogP contribution in [0.25, 0.3) is 5.69 Å². The van der Waals surface area contributed by atoms with E-state index in [4.69, 9.17) is 11.6 Å². The lowest BCUT2D eigenvalue weighted by atomic mass is 10.2. The number of amides is 1. The highest BCUT2D eigenvalue weighted by molar-refractivity contribution is 7.89. The molecule has 3 aromatic rings. The standard InChI is InChI=1S/C18H15ClFN5O3S/c1-2-7-23-29(27,28)17-8-12(3-5-14(17)20)18(26)24-15-9-13(19)4-6-16(15)25-11-21-10-22-25/h2-6,8-11,23H,1,7H2,(H,24,26). The Morgan fingerprint density at radius 1 is 1.28 bits per heavy atom. The zero-order valence-corrected chi connectivity index (χ0v) is 16.4. The quantitative estimate of drug-likeness (QED) is 0.555. The van der Waals surface area contributed by atoms with Crippen molar-refractivity contribution in [1.29, 1.82) is 0 Å². The number of carbonyl (C=O) groups excluding carboxylic acids is 1. The Hall–Kier alpha value is -3.08. The zero-order valence-electron chi connectivity index (χ0n) is 14.8. The molecule has 2 N–H and O–H groups in total. The number of benzene rings is 2. The predicted octanol–water partition coefficient (Wildman–Crippen LogP) is 2.78. The van der Waals surface area contributed by atoms with Crippen molar-refractivity contribution in [3.8, 4) is 5.69 Å². The second-order valence-corrected chi connectivity index (χ2v) is 7.91. The molecule has 1 amide bonds. The summed E-state index contributed by atoms with van der Waals surface area (Å²) in [4.78, 5) is 15.9. The summed E-state index contributed by atoms with van der Waals surface area (Å²) in [5.41, 5.74) is 0.740. The third kappa shape index (κ3) is 4.67. The van der Waals surface area contributed by atoms with E-state index in [0.29, 0.717) is 16.4 Å². The molecule has 1 heterocycles. The van der Waals surface area contributed by atoms with Crippen molar-refractivity contribution in [3.63, 3.8) is 0 Å². The molecule has 0 bridgehead atoms. The molecule has 1 aromatic heterocycles. The Kier molecular flexibility index (Phi) is 6.06. The van der Waals surface area contributed by atoms with Crippen molar-refractivity contribution in [1.82, 2.24) is 19.5 Å². The van der Waals surface area contributed by atoms with E-state index in [-0.39, 0.29) is 12.1 Å². The first-order valence-electron chi connectivity index (χ1n) is 8.18. The molecule has 0 aliphatic rings. The number of nitrogens with zero attached hydrogens (tertiary/aromatic N) is 3. The van der Waals surface area contributed by atoms with Gasteiger partial charge in [-0.05, 0) is 36.4 Å². The number of sulfonamides is 1. The minimum Gasteiger partial charge on any atom is -0.320 e. The monoisotopic (exact) mass is 435 g/mol. The third-order valence-electron chi connectivity index (χ3n) is 3.77. The van der Waals surface area contributed by atoms with Crippen molar-refractivity contribution in [2.45, 2.75) is 4.90 Å². The maximum Gasteiger partial charge on any atom is 0.255 e. The van der Waals surface area contributed by atoms with Crippen LogP contribution in [0, 0.1) is 5.82 Å². The minimum absolute atomic E-state index is 0.0603. The molecule has 0 unspecified atom stereocenters. The van der Waals surface area contributed by atoms with Crippen LogP contribution in [0.1, 0.15) is 10.4 Å². The first-order valence-corrected chi connectivity index (χ1v) is 10.0. The van der Waals surface area contributed by atoms with Gasteiger partial charge < -0.3 is 5.32 Å². The maximum atomic E-state index is 14.1. The zero-order chi connectivity index (χ0) is 21.0. The molecule has 150 valence electrons.